The minimum Gasteiger partial charge on any atom is -0.423 e. The van der Waals surface area contributed by atoms with E-state index in [1.165, 1.54) is 4.90 Å². The Bertz CT molecular complexity index is 820. The molecule has 1 aliphatic heterocycles. The Morgan fingerprint density at radius 3 is 2.95 bits per heavy atom. The van der Waals surface area contributed by atoms with E-state index in [-0.39, 0.29) is 24.9 Å². The van der Waals surface area contributed by atoms with E-state index in [9.17, 15) is 17.1 Å². The summed E-state index contributed by atoms with van der Waals surface area (Å²) >= 11 is 3.31. The molecule has 1 unspecified atom stereocenters. The lowest BCUT2D eigenvalue weighted by molar-refractivity contribution is -0.117. The number of hydrogen-bond acceptors (Lipinski definition) is 5. The molecule has 1 saturated heterocycles. The van der Waals surface area contributed by atoms with E-state index in [0.717, 1.165) is 4.47 Å². The van der Waals surface area contributed by atoms with E-state index >= 15 is 0 Å². The number of aromatic nitrogens is 1. The van der Waals surface area contributed by atoms with Crippen molar-refractivity contribution in [1.29, 1.82) is 0 Å². The predicted molar refractivity (Wildman–Crippen MR) is 77.1 cm³/mol. The van der Waals surface area contributed by atoms with Crippen LogP contribution < -0.4 is 4.90 Å². The lowest BCUT2D eigenvalue weighted by Gasteiger charge is -2.10. The number of rotatable bonds is 3. The summed E-state index contributed by atoms with van der Waals surface area (Å²) in [7, 11) is -4.60. The maximum absolute atomic E-state index is 12.7. The molecule has 0 N–H and O–H groups in total. The second-order valence-electron chi connectivity index (χ2n) is 4.89. The van der Waals surface area contributed by atoms with Crippen molar-refractivity contribution in [3.8, 4) is 0 Å². The van der Waals surface area contributed by atoms with Crippen molar-refractivity contribution in [3.63, 3.8) is 0 Å². The minimum atomic E-state index is -4.60. The maximum atomic E-state index is 12.7. The number of fused-ring (bicyclic) bond motifs is 1. The molecule has 0 aliphatic carbocycles. The molecule has 1 fully saturated rings. The molecular formula is C12H10BrFN2O4S. The van der Waals surface area contributed by atoms with Crippen LogP contribution in [0.1, 0.15) is 6.42 Å². The largest absolute Gasteiger partial charge is 0.423 e. The zero-order valence-electron chi connectivity index (χ0n) is 10.6. The highest BCUT2D eigenvalue weighted by molar-refractivity contribution is 9.10. The molecule has 0 radical (unpaired) electrons. The third-order valence-corrected chi connectivity index (χ3v) is 4.57. The van der Waals surface area contributed by atoms with E-state index in [2.05, 4.69) is 20.9 Å². The van der Waals surface area contributed by atoms with Crippen molar-refractivity contribution in [2.24, 2.45) is 5.92 Å². The summed E-state index contributed by atoms with van der Waals surface area (Å²) < 4.78 is 40.4. The third kappa shape index (κ3) is 3.08. The van der Waals surface area contributed by atoms with E-state index in [4.69, 9.17) is 4.42 Å². The maximum Gasteiger partial charge on any atom is 0.305 e. The van der Waals surface area contributed by atoms with Crippen LogP contribution in [0, 0.1) is 5.92 Å². The van der Waals surface area contributed by atoms with Gasteiger partial charge < -0.3 is 4.42 Å². The summed E-state index contributed by atoms with van der Waals surface area (Å²) in [5.41, 5.74) is 1.09. The molecule has 1 aromatic carbocycles. The van der Waals surface area contributed by atoms with Crippen molar-refractivity contribution >= 4 is 49.2 Å². The van der Waals surface area contributed by atoms with Crippen molar-refractivity contribution in [1.82, 2.24) is 4.98 Å². The van der Waals surface area contributed by atoms with Gasteiger partial charge in [-0.2, -0.15) is 13.4 Å². The SMILES string of the molecule is O=C1CC(CS(=O)(=O)F)CN1c1nc2cc(Br)ccc2o1. The number of halogens is 2. The molecule has 6 nitrogen and oxygen atoms in total. The molecule has 112 valence electrons. The smallest absolute Gasteiger partial charge is 0.305 e. The Morgan fingerprint density at radius 2 is 2.24 bits per heavy atom. The van der Waals surface area contributed by atoms with Gasteiger partial charge in [-0.1, -0.05) is 15.9 Å². The summed E-state index contributed by atoms with van der Waals surface area (Å²) in [4.78, 5) is 17.4. The van der Waals surface area contributed by atoms with Crippen LogP contribution in [-0.4, -0.2) is 31.6 Å². The number of hydrogen-bond donors (Lipinski definition) is 0. The highest BCUT2D eigenvalue weighted by atomic mass is 79.9. The molecule has 1 aromatic heterocycles. The second-order valence-corrected chi connectivity index (χ2v) is 7.22. The van der Waals surface area contributed by atoms with Crippen LogP contribution in [0.25, 0.3) is 11.1 Å². The summed E-state index contributed by atoms with van der Waals surface area (Å²) in [6.45, 7) is 0.0793. The number of anilines is 1. The minimum absolute atomic E-state index is 0.0361. The average Bonchev–Trinajstić information content (AvgIpc) is 2.89. The molecule has 0 bridgehead atoms. The number of oxazole rings is 1. The first-order valence-corrected chi connectivity index (χ1v) is 8.45. The Kier molecular flexibility index (Phi) is 3.48. The van der Waals surface area contributed by atoms with Crippen LogP contribution >= 0.6 is 15.9 Å². The van der Waals surface area contributed by atoms with E-state index in [0.29, 0.717) is 11.1 Å². The number of nitrogens with zero attached hydrogens (tertiary/aromatic N) is 2. The first kappa shape index (κ1) is 14.5. The van der Waals surface area contributed by atoms with Crippen LogP contribution in [0.15, 0.2) is 27.1 Å². The van der Waals surface area contributed by atoms with Gasteiger partial charge in [0.15, 0.2) is 5.58 Å². The molecule has 1 aliphatic rings. The second kappa shape index (κ2) is 5.06. The number of amides is 1. The molecule has 0 saturated carbocycles. The Morgan fingerprint density at radius 1 is 1.48 bits per heavy atom. The lowest BCUT2D eigenvalue weighted by Crippen LogP contribution is -2.25. The van der Waals surface area contributed by atoms with Gasteiger partial charge in [0.1, 0.15) is 5.52 Å². The van der Waals surface area contributed by atoms with Gasteiger partial charge in [0.05, 0.1) is 5.75 Å². The molecule has 21 heavy (non-hydrogen) atoms. The normalized spacial score (nSPS) is 19.6. The van der Waals surface area contributed by atoms with Gasteiger partial charge in [-0.05, 0) is 18.2 Å². The number of benzene rings is 1. The molecule has 0 spiro atoms. The quantitative estimate of drug-likeness (QED) is 0.767. The van der Waals surface area contributed by atoms with Gasteiger partial charge in [-0.3, -0.25) is 9.69 Å². The van der Waals surface area contributed by atoms with Gasteiger partial charge in [0.2, 0.25) is 5.91 Å². The van der Waals surface area contributed by atoms with Crippen LogP contribution in [0.2, 0.25) is 0 Å². The number of carbonyl (C=O) groups excluding carboxylic acids is 1. The molecular weight excluding hydrogens is 367 g/mol. The van der Waals surface area contributed by atoms with Gasteiger partial charge in [-0.25, -0.2) is 0 Å². The van der Waals surface area contributed by atoms with E-state index < -0.39 is 21.9 Å². The Balaban J connectivity index is 1.87. The van der Waals surface area contributed by atoms with Gasteiger partial charge in [0.25, 0.3) is 0 Å². The van der Waals surface area contributed by atoms with Crippen LogP contribution in [-0.2, 0) is 15.0 Å². The first-order valence-electron chi connectivity index (χ1n) is 6.10. The van der Waals surface area contributed by atoms with Crippen LogP contribution in [0.3, 0.4) is 0 Å². The molecule has 9 heteroatoms. The molecule has 2 heterocycles. The van der Waals surface area contributed by atoms with Crippen molar-refractivity contribution < 1.29 is 21.5 Å². The number of carbonyl (C=O) groups is 1. The topological polar surface area (TPSA) is 80.5 Å². The van der Waals surface area contributed by atoms with Gasteiger partial charge in [-0.15, -0.1) is 3.89 Å². The lowest BCUT2D eigenvalue weighted by atomic mass is 10.1. The summed E-state index contributed by atoms with van der Waals surface area (Å²) in [5, 5.41) is 0. The molecule has 1 atom stereocenters. The van der Waals surface area contributed by atoms with Crippen LogP contribution in [0.5, 0.6) is 0 Å². The van der Waals surface area contributed by atoms with Gasteiger partial charge >= 0.3 is 16.2 Å². The average molecular weight is 377 g/mol. The molecule has 2 aromatic rings. The summed E-state index contributed by atoms with van der Waals surface area (Å²) in [6.07, 6.45) is -0.0361. The zero-order chi connectivity index (χ0) is 15.2. The van der Waals surface area contributed by atoms with E-state index in [1.807, 2.05) is 0 Å². The van der Waals surface area contributed by atoms with Gasteiger partial charge in [0, 0.05) is 23.4 Å². The molecule has 3 rings (SSSR count). The summed E-state index contributed by atoms with van der Waals surface area (Å²) in [6, 6.07) is 5.33. The standard InChI is InChI=1S/C12H10BrFN2O4S/c13-8-1-2-10-9(4-8)15-12(20-10)16-5-7(3-11(16)17)6-21(14,18)19/h1-2,4,7H,3,5-6H2. The highest BCUT2D eigenvalue weighted by Crippen LogP contribution is 2.29. The summed E-state index contributed by atoms with van der Waals surface area (Å²) in [5.74, 6) is -1.58. The van der Waals surface area contributed by atoms with E-state index in [1.54, 1.807) is 18.2 Å². The molecule has 1 amide bonds. The van der Waals surface area contributed by atoms with Crippen molar-refractivity contribution in [3.05, 3.63) is 22.7 Å². The third-order valence-electron chi connectivity index (χ3n) is 3.21. The first-order chi connectivity index (χ1) is 9.82. The highest BCUT2D eigenvalue weighted by Gasteiger charge is 2.36. The monoisotopic (exact) mass is 376 g/mol. The Labute approximate surface area is 128 Å². The predicted octanol–water partition coefficient (Wildman–Crippen LogP) is 2.24. The fraction of sp³-hybridized carbons (Fsp3) is 0.333. The van der Waals surface area contributed by atoms with Crippen molar-refractivity contribution in [2.45, 2.75) is 6.42 Å². The Hall–Kier alpha value is -1.48. The fourth-order valence-electron chi connectivity index (χ4n) is 2.36. The van der Waals surface area contributed by atoms with Crippen molar-refractivity contribution in [2.75, 3.05) is 17.2 Å². The zero-order valence-corrected chi connectivity index (χ0v) is 13.0. The fourth-order valence-corrected chi connectivity index (χ4v) is 3.50. The van der Waals surface area contributed by atoms with Crippen LogP contribution in [0.4, 0.5) is 9.90 Å².